The molecule has 0 aromatic carbocycles. The number of hydrogen-bond acceptors (Lipinski definition) is 4. The standard InChI is InChI=1S/C10H14N4/c1-3-7-14(4-2)10-9(8-11)12-5-6-13-10/h5-6H,3-4,7H2,1-2H3. The van der Waals surface area contributed by atoms with Crippen LogP contribution < -0.4 is 4.90 Å². The number of hydrogen-bond donors (Lipinski definition) is 0. The molecule has 0 saturated carbocycles. The van der Waals surface area contributed by atoms with Crippen molar-refractivity contribution in [3.05, 3.63) is 18.1 Å². The number of nitriles is 1. The molecule has 0 atom stereocenters. The third kappa shape index (κ3) is 2.19. The van der Waals surface area contributed by atoms with Gasteiger partial charge in [0.15, 0.2) is 11.5 Å². The average molecular weight is 190 g/mol. The van der Waals surface area contributed by atoms with Crippen LogP contribution in [-0.2, 0) is 0 Å². The Morgan fingerprint density at radius 1 is 1.36 bits per heavy atom. The Morgan fingerprint density at radius 3 is 2.64 bits per heavy atom. The second-order valence-corrected chi connectivity index (χ2v) is 2.92. The zero-order valence-corrected chi connectivity index (χ0v) is 8.56. The number of anilines is 1. The van der Waals surface area contributed by atoms with Gasteiger partial charge in [0.2, 0.25) is 0 Å². The molecule has 14 heavy (non-hydrogen) atoms. The lowest BCUT2D eigenvalue weighted by Gasteiger charge is -2.21. The van der Waals surface area contributed by atoms with Crippen molar-refractivity contribution in [1.82, 2.24) is 9.97 Å². The minimum Gasteiger partial charge on any atom is -0.354 e. The topological polar surface area (TPSA) is 52.8 Å². The monoisotopic (exact) mass is 190 g/mol. The molecule has 4 nitrogen and oxygen atoms in total. The van der Waals surface area contributed by atoms with Crippen LogP contribution >= 0.6 is 0 Å². The molecule has 0 saturated heterocycles. The first-order valence-corrected chi connectivity index (χ1v) is 4.79. The minimum atomic E-state index is 0.405. The van der Waals surface area contributed by atoms with Crippen molar-refractivity contribution in [2.24, 2.45) is 0 Å². The van der Waals surface area contributed by atoms with Crippen LogP contribution in [-0.4, -0.2) is 23.1 Å². The Bertz CT molecular complexity index is 329. The molecule has 1 heterocycles. The Kier molecular flexibility index (Phi) is 3.86. The van der Waals surface area contributed by atoms with E-state index >= 15 is 0 Å². The summed E-state index contributed by atoms with van der Waals surface area (Å²) in [6, 6.07) is 2.05. The Balaban J connectivity index is 2.97. The molecule has 0 fully saturated rings. The van der Waals surface area contributed by atoms with Crippen LogP contribution in [0, 0.1) is 11.3 Å². The highest BCUT2D eigenvalue weighted by atomic mass is 15.2. The van der Waals surface area contributed by atoms with Gasteiger partial charge in [-0.25, -0.2) is 9.97 Å². The lowest BCUT2D eigenvalue weighted by molar-refractivity contribution is 0.773. The van der Waals surface area contributed by atoms with Crippen molar-refractivity contribution in [1.29, 1.82) is 5.26 Å². The molecule has 0 bridgehead atoms. The van der Waals surface area contributed by atoms with E-state index < -0.39 is 0 Å². The molecule has 4 heteroatoms. The number of aromatic nitrogens is 2. The fraction of sp³-hybridized carbons (Fsp3) is 0.500. The van der Waals surface area contributed by atoms with E-state index in [0.717, 1.165) is 19.5 Å². The van der Waals surface area contributed by atoms with Crippen molar-refractivity contribution < 1.29 is 0 Å². The van der Waals surface area contributed by atoms with Gasteiger partial charge in [0.25, 0.3) is 0 Å². The maximum absolute atomic E-state index is 8.85. The SMILES string of the molecule is CCCN(CC)c1nccnc1C#N. The number of nitrogens with zero attached hydrogens (tertiary/aromatic N) is 4. The van der Waals surface area contributed by atoms with Gasteiger partial charge in [-0.3, -0.25) is 0 Å². The first-order valence-electron chi connectivity index (χ1n) is 4.79. The second-order valence-electron chi connectivity index (χ2n) is 2.92. The van der Waals surface area contributed by atoms with E-state index in [0.29, 0.717) is 11.5 Å². The quantitative estimate of drug-likeness (QED) is 0.723. The van der Waals surface area contributed by atoms with E-state index in [4.69, 9.17) is 5.26 Å². The highest BCUT2D eigenvalue weighted by molar-refractivity contribution is 5.49. The first kappa shape index (κ1) is 10.5. The van der Waals surface area contributed by atoms with E-state index in [9.17, 15) is 0 Å². The molecule has 74 valence electrons. The lowest BCUT2D eigenvalue weighted by atomic mass is 10.3. The van der Waals surface area contributed by atoms with Gasteiger partial charge in [-0.2, -0.15) is 5.26 Å². The van der Waals surface area contributed by atoms with Crippen molar-refractivity contribution in [2.45, 2.75) is 20.3 Å². The van der Waals surface area contributed by atoms with Crippen LogP contribution in [0.5, 0.6) is 0 Å². The van der Waals surface area contributed by atoms with Crippen LogP contribution in [0.2, 0.25) is 0 Å². The fourth-order valence-electron chi connectivity index (χ4n) is 1.32. The van der Waals surface area contributed by atoms with Crippen LogP contribution in [0.1, 0.15) is 26.0 Å². The van der Waals surface area contributed by atoms with E-state index in [1.807, 2.05) is 6.92 Å². The Hall–Kier alpha value is -1.63. The molecule has 0 radical (unpaired) electrons. The highest BCUT2D eigenvalue weighted by Crippen LogP contribution is 2.13. The van der Waals surface area contributed by atoms with E-state index in [1.54, 1.807) is 12.4 Å². The van der Waals surface area contributed by atoms with Crippen molar-refractivity contribution in [3.63, 3.8) is 0 Å². The summed E-state index contributed by atoms with van der Waals surface area (Å²) >= 11 is 0. The molecule has 0 aliphatic heterocycles. The second kappa shape index (κ2) is 5.18. The van der Waals surface area contributed by atoms with Crippen LogP contribution in [0.3, 0.4) is 0 Å². The van der Waals surface area contributed by atoms with Crippen molar-refractivity contribution in [3.8, 4) is 6.07 Å². The summed E-state index contributed by atoms with van der Waals surface area (Å²) in [6.45, 7) is 5.90. The highest BCUT2D eigenvalue weighted by Gasteiger charge is 2.10. The molecule has 0 N–H and O–H groups in total. The minimum absolute atomic E-state index is 0.405. The predicted octanol–water partition coefficient (Wildman–Crippen LogP) is 1.58. The average Bonchev–Trinajstić information content (AvgIpc) is 2.26. The van der Waals surface area contributed by atoms with E-state index in [2.05, 4.69) is 27.9 Å². The van der Waals surface area contributed by atoms with Crippen LogP contribution in [0.25, 0.3) is 0 Å². The van der Waals surface area contributed by atoms with Gasteiger partial charge in [0, 0.05) is 25.5 Å². The maximum Gasteiger partial charge on any atom is 0.183 e. The molecule has 0 spiro atoms. The molecular formula is C10H14N4. The first-order chi connectivity index (χ1) is 6.83. The molecule has 1 aromatic heterocycles. The summed E-state index contributed by atoms with van der Waals surface area (Å²) in [6.07, 6.45) is 4.20. The normalized spacial score (nSPS) is 9.50. The largest absolute Gasteiger partial charge is 0.354 e. The van der Waals surface area contributed by atoms with Gasteiger partial charge in [-0.15, -0.1) is 0 Å². The molecule has 0 unspecified atom stereocenters. The van der Waals surface area contributed by atoms with Gasteiger partial charge in [-0.1, -0.05) is 6.92 Å². The third-order valence-corrected chi connectivity index (χ3v) is 1.96. The summed E-state index contributed by atoms with van der Waals surface area (Å²) in [5, 5.41) is 8.85. The lowest BCUT2D eigenvalue weighted by Crippen LogP contribution is -2.25. The van der Waals surface area contributed by atoms with Gasteiger partial charge >= 0.3 is 0 Å². The predicted molar refractivity (Wildman–Crippen MR) is 54.9 cm³/mol. The van der Waals surface area contributed by atoms with Gasteiger partial charge in [-0.05, 0) is 13.3 Å². The van der Waals surface area contributed by atoms with E-state index in [1.165, 1.54) is 0 Å². The van der Waals surface area contributed by atoms with Crippen LogP contribution in [0.4, 0.5) is 5.82 Å². The summed E-state index contributed by atoms with van der Waals surface area (Å²) < 4.78 is 0. The summed E-state index contributed by atoms with van der Waals surface area (Å²) in [4.78, 5) is 10.2. The molecular weight excluding hydrogens is 176 g/mol. The van der Waals surface area contributed by atoms with Gasteiger partial charge in [0.05, 0.1) is 0 Å². The molecule has 0 aliphatic rings. The van der Waals surface area contributed by atoms with E-state index in [-0.39, 0.29) is 0 Å². The van der Waals surface area contributed by atoms with Crippen molar-refractivity contribution >= 4 is 5.82 Å². The third-order valence-electron chi connectivity index (χ3n) is 1.96. The molecule has 0 aliphatic carbocycles. The molecule has 0 amide bonds. The Morgan fingerprint density at radius 2 is 2.07 bits per heavy atom. The molecule has 1 rings (SSSR count). The summed E-state index contributed by atoms with van der Waals surface area (Å²) in [5.41, 5.74) is 0.405. The summed E-state index contributed by atoms with van der Waals surface area (Å²) in [7, 11) is 0. The summed E-state index contributed by atoms with van der Waals surface area (Å²) in [5.74, 6) is 0.694. The zero-order chi connectivity index (χ0) is 10.4. The van der Waals surface area contributed by atoms with Gasteiger partial charge < -0.3 is 4.90 Å². The van der Waals surface area contributed by atoms with Gasteiger partial charge in [0.1, 0.15) is 6.07 Å². The van der Waals surface area contributed by atoms with Crippen molar-refractivity contribution in [2.75, 3.05) is 18.0 Å². The fourth-order valence-corrected chi connectivity index (χ4v) is 1.32. The maximum atomic E-state index is 8.85. The smallest absolute Gasteiger partial charge is 0.183 e. The molecule has 1 aromatic rings. The van der Waals surface area contributed by atoms with Crippen LogP contribution in [0.15, 0.2) is 12.4 Å². The zero-order valence-electron chi connectivity index (χ0n) is 8.56. The Labute approximate surface area is 84.2 Å². The number of rotatable bonds is 4.